The third-order valence-corrected chi connectivity index (χ3v) is 2.99. The molecule has 0 aromatic carbocycles. The fraction of sp³-hybridized carbons (Fsp3) is 0.917. The van der Waals surface area contributed by atoms with Gasteiger partial charge in [0.25, 0.3) is 0 Å². The fourth-order valence-electron chi connectivity index (χ4n) is 2.02. The molecule has 0 aliphatic carbocycles. The van der Waals surface area contributed by atoms with E-state index >= 15 is 0 Å². The van der Waals surface area contributed by atoms with Gasteiger partial charge in [0, 0.05) is 26.2 Å². The Morgan fingerprint density at radius 1 is 1.50 bits per heavy atom. The van der Waals surface area contributed by atoms with E-state index < -0.39 is 0 Å². The smallest absolute Gasteiger partial charge is 0.0666 e. The summed E-state index contributed by atoms with van der Waals surface area (Å²) in [4.78, 5) is 2.36. The average Bonchev–Trinajstić information content (AvgIpc) is 2.31. The Hall–Kier alpha value is -0.630. The van der Waals surface area contributed by atoms with E-state index in [1.54, 1.807) is 0 Å². The van der Waals surface area contributed by atoms with Gasteiger partial charge in [-0.05, 0) is 32.7 Å². The molecule has 1 atom stereocenters. The Labute approximate surface area is 98.4 Å². The molecule has 16 heavy (non-hydrogen) atoms. The molecule has 2 N–H and O–H groups in total. The summed E-state index contributed by atoms with van der Waals surface area (Å²) < 4.78 is 5.73. The summed E-state index contributed by atoms with van der Waals surface area (Å²) in [7, 11) is 0. The highest BCUT2D eigenvalue weighted by atomic mass is 16.5. The van der Waals surface area contributed by atoms with Gasteiger partial charge in [0.1, 0.15) is 0 Å². The highest BCUT2D eigenvalue weighted by Gasteiger charge is 2.20. The molecule has 1 saturated heterocycles. The SMILES string of the molecule is CC(C#N)CN1CCC(OCCCN)CC1. The van der Waals surface area contributed by atoms with Crippen LogP contribution in [-0.2, 0) is 4.74 Å². The summed E-state index contributed by atoms with van der Waals surface area (Å²) in [6, 6.07) is 2.28. The van der Waals surface area contributed by atoms with Gasteiger partial charge in [-0.3, -0.25) is 0 Å². The molecule has 1 unspecified atom stereocenters. The zero-order chi connectivity index (χ0) is 11.8. The van der Waals surface area contributed by atoms with Crippen LogP contribution in [0.4, 0.5) is 0 Å². The van der Waals surface area contributed by atoms with E-state index in [0.29, 0.717) is 12.6 Å². The Morgan fingerprint density at radius 3 is 2.75 bits per heavy atom. The van der Waals surface area contributed by atoms with Crippen molar-refractivity contribution >= 4 is 0 Å². The molecule has 0 aromatic rings. The van der Waals surface area contributed by atoms with Gasteiger partial charge in [0.2, 0.25) is 0 Å². The minimum absolute atomic E-state index is 0.134. The predicted molar refractivity (Wildman–Crippen MR) is 63.9 cm³/mol. The van der Waals surface area contributed by atoms with Crippen LogP contribution < -0.4 is 5.73 Å². The van der Waals surface area contributed by atoms with Crippen molar-refractivity contribution in [2.24, 2.45) is 11.7 Å². The van der Waals surface area contributed by atoms with Crippen molar-refractivity contribution in [1.82, 2.24) is 4.90 Å². The number of hydrogen-bond acceptors (Lipinski definition) is 4. The number of nitriles is 1. The third kappa shape index (κ3) is 4.93. The van der Waals surface area contributed by atoms with Crippen molar-refractivity contribution < 1.29 is 4.74 Å². The van der Waals surface area contributed by atoms with Crippen molar-refractivity contribution in [2.45, 2.75) is 32.3 Å². The molecule has 0 bridgehead atoms. The van der Waals surface area contributed by atoms with Gasteiger partial charge in [0.05, 0.1) is 18.1 Å². The minimum Gasteiger partial charge on any atom is -0.378 e. The van der Waals surface area contributed by atoms with Crippen molar-refractivity contribution in [1.29, 1.82) is 5.26 Å². The van der Waals surface area contributed by atoms with Gasteiger partial charge >= 0.3 is 0 Å². The predicted octanol–water partition coefficient (Wildman–Crippen LogP) is 0.976. The summed E-state index contributed by atoms with van der Waals surface area (Å²) >= 11 is 0. The van der Waals surface area contributed by atoms with Crippen LogP contribution in [-0.4, -0.2) is 43.8 Å². The van der Waals surface area contributed by atoms with Gasteiger partial charge in [-0.25, -0.2) is 0 Å². The number of nitrogens with two attached hydrogens (primary N) is 1. The van der Waals surface area contributed by atoms with E-state index in [1.165, 1.54) is 0 Å². The summed E-state index contributed by atoms with van der Waals surface area (Å²) in [5.74, 6) is 0.134. The van der Waals surface area contributed by atoms with E-state index in [0.717, 1.165) is 45.5 Å². The topological polar surface area (TPSA) is 62.3 Å². The minimum atomic E-state index is 0.134. The number of hydrogen-bond donors (Lipinski definition) is 1. The lowest BCUT2D eigenvalue weighted by atomic mass is 10.1. The average molecular weight is 225 g/mol. The summed E-state index contributed by atoms with van der Waals surface area (Å²) in [5.41, 5.74) is 5.42. The number of nitrogens with zero attached hydrogens (tertiary/aromatic N) is 2. The Morgan fingerprint density at radius 2 is 2.19 bits per heavy atom. The second-order valence-electron chi connectivity index (χ2n) is 4.54. The fourth-order valence-corrected chi connectivity index (χ4v) is 2.02. The first-order chi connectivity index (χ1) is 7.76. The first-order valence-electron chi connectivity index (χ1n) is 6.20. The Kier molecular flexibility index (Phi) is 6.39. The lowest BCUT2D eigenvalue weighted by molar-refractivity contribution is 0.00597. The lowest BCUT2D eigenvalue weighted by Crippen LogP contribution is -2.39. The van der Waals surface area contributed by atoms with Gasteiger partial charge < -0.3 is 15.4 Å². The van der Waals surface area contributed by atoms with Crippen LogP contribution in [0.1, 0.15) is 26.2 Å². The number of ether oxygens (including phenoxy) is 1. The molecule has 1 heterocycles. The number of piperidine rings is 1. The van der Waals surface area contributed by atoms with E-state index in [4.69, 9.17) is 15.7 Å². The molecule has 0 radical (unpaired) electrons. The van der Waals surface area contributed by atoms with Gasteiger partial charge in [-0.1, -0.05) is 0 Å². The van der Waals surface area contributed by atoms with Crippen LogP contribution in [0.3, 0.4) is 0 Å². The largest absolute Gasteiger partial charge is 0.378 e. The maximum atomic E-state index is 8.75. The van der Waals surface area contributed by atoms with Crippen molar-refractivity contribution in [3.05, 3.63) is 0 Å². The summed E-state index contributed by atoms with van der Waals surface area (Å²) in [5, 5.41) is 8.75. The lowest BCUT2D eigenvalue weighted by Gasteiger charge is -2.32. The number of rotatable bonds is 6. The van der Waals surface area contributed by atoms with Gasteiger partial charge in [-0.2, -0.15) is 5.26 Å². The molecule has 0 spiro atoms. The number of likely N-dealkylation sites (tertiary alicyclic amines) is 1. The van der Waals surface area contributed by atoms with E-state index in [2.05, 4.69) is 11.0 Å². The summed E-state index contributed by atoms with van der Waals surface area (Å²) in [6.45, 7) is 6.47. The molecule has 1 fully saturated rings. The molecule has 4 nitrogen and oxygen atoms in total. The molecule has 0 saturated carbocycles. The summed E-state index contributed by atoms with van der Waals surface area (Å²) in [6.07, 6.45) is 3.53. The van der Waals surface area contributed by atoms with Crippen LogP contribution in [0, 0.1) is 17.2 Å². The maximum Gasteiger partial charge on any atom is 0.0666 e. The van der Waals surface area contributed by atoms with Crippen molar-refractivity contribution in [2.75, 3.05) is 32.8 Å². The van der Waals surface area contributed by atoms with Crippen LogP contribution in [0.2, 0.25) is 0 Å². The molecule has 92 valence electrons. The van der Waals surface area contributed by atoms with E-state index in [9.17, 15) is 0 Å². The second kappa shape index (κ2) is 7.61. The van der Waals surface area contributed by atoms with Gasteiger partial charge in [-0.15, -0.1) is 0 Å². The van der Waals surface area contributed by atoms with Gasteiger partial charge in [0.15, 0.2) is 0 Å². The standard InChI is InChI=1S/C12H23N3O/c1-11(9-14)10-15-6-3-12(4-7-15)16-8-2-5-13/h11-12H,2-8,10,13H2,1H3. The zero-order valence-corrected chi connectivity index (χ0v) is 10.2. The molecule has 1 aliphatic heterocycles. The van der Waals surface area contributed by atoms with Crippen LogP contribution in [0.15, 0.2) is 0 Å². The van der Waals surface area contributed by atoms with E-state index in [-0.39, 0.29) is 5.92 Å². The highest BCUT2D eigenvalue weighted by Crippen LogP contribution is 2.14. The quantitative estimate of drug-likeness (QED) is 0.684. The Balaban J connectivity index is 2.11. The van der Waals surface area contributed by atoms with Crippen LogP contribution in [0.25, 0.3) is 0 Å². The first kappa shape index (κ1) is 13.4. The highest BCUT2D eigenvalue weighted by molar-refractivity contribution is 4.83. The molecule has 1 rings (SSSR count). The first-order valence-corrected chi connectivity index (χ1v) is 6.20. The molecule has 4 heteroatoms. The second-order valence-corrected chi connectivity index (χ2v) is 4.54. The normalized spacial score (nSPS) is 20.6. The monoisotopic (exact) mass is 225 g/mol. The zero-order valence-electron chi connectivity index (χ0n) is 10.2. The molecule has 1 aliphatic rings. The van der Waals surface area contributed by atoms with E-state index in [1.807, 2.05) is 6.92 Å². The third-order valence-electron chi connectivity index (χ3n) is 2.99. The molecule has 0 aromatic heterocycles. The van der Waals surface area contributed by atoms with Crippen LogP contribution in [0.5, 0.6) is 0 Å². The molecular formula is C12H23N3O. The molecule has 0 amide bonds. The van der Waals surface area contributed by atoms with Crippen LogP contribution >= 0.6 is 0 Å². The van der Waals surface area contributed by atoms with Crippen molar-refractivity contribution in [3.63, 3.8) is 0 Å². The Bertz CT molecular complexity index is 219. The molecular weight excluding hydrogens is 202 g/mol. The maximum absolute atomic E-state index is 8.75. The van der Waals surface area contributed by atoms with Crippen molar-refractivity contribution in [3.8, 4) is 6.07 Å².